The van der Waals surface area contributed by atoms with Crippen molar-refractivity contribution in [3.63, 3.8) is 0 Å². The molecule has 0 aliphatic carbocycles. The van der Waals surface area contributed by atoms with E-state index in [1.807, 2.05) is 48.5 Å². The molecule has 23 heavy (non-hydrogen) atoms. The highest BCUT2D eigenvalue weighted by Gasteiger charge is 2.34. The van der Waals surface area contributed by atoms with E-state index in [0.29, 0.717) is 18.8 Å². The highest BCUT2D eigenvalue weighted by molar-refractivity contribution is 5.90. The highest BCUT2D eigenvalue weighted by Crippen LogP contribution is 2.23. The van der Waals surface area contributed by atoms with Crippen molar-refractivity contribution < 1.29 is 14.3 Å². The van der Waals surface area contributed by atoms with Gasteiger partial charge in [-0.2, -0.15) is 0 Å². The van der Waals surface area contributed by atoms with Crippen molar-refractivity contribution in [3.05, 3.63) is 66.2 Å². The number of carbonyl (C=O) groups excluding carboxylic acids is 2. The van der Waals surface area contributed by atoms with Crippen molar-refractivity contribution in [2.75, 3.05) is 19.7 Å². The van der Waals surface area contributed by atoms with Crippen LogP contribution in [0.2, 0.25) is 0 Å². The summed E-state index contributed by atoms with van der Waals surface area (Å²) in [6.07, 6.45) is 0. The van der Waals surface area contributed by atoms with Crippen molar-refractivity contribution in [3.8, 4) is 5.75 Å². The number of hydrogen-bond acceptors (Lipinski definition) is 3. The Bertz CT molecular complexity index is 673. The second-order valence-electron chi connectivity index (χ2n) is 5.29. The van der Waals surface area contributed by atoms with E-state index in [4.69, 9.17) is 4.74 Å². The van der Waals surface area contributed by atoms with Crippen LogP contribution in [0, 0.1) is 0 Å². The number of nitrogens with zero attached hydrogens (tertiary/aromatic N) is 1. The van der Waals surface area contributed by atoms with E-state index in [9.17, 15) is 9.59 Å². The van der Waals surface area contributed by atoms with Crippen LogP contribution in [0.15, 0.2) is 60.7 Å². The fraction of sp³-hybridized carbons (Fsp3) is 0.222. The summed E-state index contributed by atoms with van der Waals surface area (Å²) in [4.78, 5) is 26.3. The maximum atomic E-state index is 12.5. The molecule has 2 amide bonds. The van der Waals surface area contributed by atoms with Crippen LogP contribution >= 0.6 is 0 Å². The zero-order chi connectivity index (χ0) is 16.1. The summed E-state index contributed by atoms with van der Waals surface area (Å²) >= 11 is 0. The third kappa shape index (κ3) is 3.51. The molecule has 0 bridgehead atoms. The topological polar surface area (TPSA) is 58.6 Å². The van der Waals surface area contributed by atoms with Gasteiger partial charge in [0, 0.05) is 13.1 Å². The second-order valence-corrected chi connectivity index (χ2v) is 5.29. The number of nitrogens with one attached hydrogen (secondary N) is 1. The van der Waals surface area contributed by atoms with Crippen LogP contribution in [0.25, 0.3) is 0 Å². The van der Waals surface area contributed by atoms with Gasteiger partial charge >= 0.3 is 0 Å². The maximum absolute atomic E-state index is 12.5. The molecule has 5 nitrogen and oxygen atoms in total. The van der Waals surface area contributed by atoms with Crippen molar-refractivity contribution in [2.24, 2.45) is 0 Å². The van der Waals surface area contributed by atoms with Gasteiger partial charge in [0.25, 0.3) is 5.91 Å². The molecular weight excluding hydrogens is 292 g/mol. The van der Waals surface area contributed by atoms with Gasteiger partial charge in [0.1, 0.15) is 11.8 Å². The maximum Gasteiger partial charge on any atom is 0.261 e. The third-order valence-electron chi connectivity index (χ3n) is 3.75. The lowest BCUT2D eigenvalue weighted by Crippen LogP contribution is -2.53. The molecule has 2 aromatic carbocycles. The summed E-state index contributed by atoms with van der Waals surface area (Å²) in [7, 11) is 0. The molecule has 5 heteroatoms. The van der Waals surface area contributed by atoms with Gasteiger partial charge in [-0.05, 0) is 17.7 Å². The molecule has 1 saturated heterocycles. The molecule has 1 aliphatic rings. The fourth-order valence-electron chi connectivity index (χ4n) is 2.65. The van der Waals surface area contributed by atoms with Crippen molar-refractivity contribution >= 4 is 11.8 Å². The summed E-state index contributed by atoms with van der Waals surface area (Å²) in [5, 5.41) is 2.82. The second kappa shape index (κ2) is 6.96. The number of hydrogen-bond donors (Lipinski definition) is 1. The number of rotatable bonds is 4. The van der Waals surface area contributed by atoms with Crippen molar-refractivity contribution in [1.82, 2.24) is 10.2 Å². The molecule has 3 rings (SSSR count). The van der Waals surface area contributed by atoms with Gasteiger partial charge in [0.05, 0.1) is 0 Å². The van der Waals surface area contributed by atoms with Crippen LogP contribution in [0.5, 0.6) is 5.75 Å². The van der Waals surface area contributed by atoms with Gasteiger partial charge in [0.2, 0.25) is 5.91 Å². The molecule has 1 fully saturated rings. The number of benzene rings is 2. The van der Waals surface area contributed by atoms with E-state index < -0.39 is 6.04 Å². The zero-order valence-corrected chi connectivity index (χ0v) is 12.6. The Labute approximate surface area is 134 Å². The summed E-state index contributed by atoms with van der Waals surface area (Å²) in [5.74, 6) is 0.284. The minimum absolute atomic E-state index is 0.0827. The smallest absolute Gasteiger partial charge is 0.261 e. The van der Waals surface area contributed by atoms with Gasteiger partial charge in [-0.3, -0.25) is 9.59 Å². The summed E-state index contributed by atoms with van der Waals surface area (Å²) in [5.41, 5.74) is 0.803. The van der Waals surface area contributed by atoms with E-state index in [-0.39, 0.29) is 18.4 Å². The van der Waals surface area contributed by atoms with Gasteiger partial charge in [-0.25, -0.2) is 0 Å². The Morgan fingerprint density at radius 1 is 1.09 bits per heavy atom. The lowest BCUT2D eigenvalue weighted by atomic mass is 10.0. The molecule has 0 radical (unpaired) electrons. The van der Waals surface area contributed by atoms with Crippen LogP contribution in [0.4, 0.5) is 0 Å². The van der Waals surface area contributed by atoms with E-state index in [1.54, 1.807) is 17.0 Å². The molecule has 0 aromatic heterocycles. The predicted octanol–water partition coefficient (Wildman–Crippen LogP) is 1.77. The first-order valence-corrected chi connectivity index (χ1v) is 7.55. The van der Waals surface area contributed by atoms with Crippen LogP contribution in [-0.2, 0) is 9.59 Å². The van der Waals surface area contributed by atoms with Gasteiger partial charge in [0.15, 0.2) is 6.61 Å². The van der Waals surface area contributed by atoms with Crippen molar-refractivity contribution in [1.29, 1.82) is 0 Å². The van der Waals surface area contributed by atoms with E-state index in [2.05, 4.69) is 5.32 Å². The zero-order valence-electron chi connectivity index (χ0n) is 12.6. The minimum Gasteiger partial charge on any atom is -0.484 e. The first-order chi connectivity index (χ1) is 11.3. The molecule has 1 unspecified atom stereocenters. The van der Waals surface area contributed by atoms with Gasteiger partial charge in [-0.1, -0.05) is 48.5 Å². The van der Waals surface area contributed by atoms with Crippen molar-refractivity contribution in [2.45, 2.75) is 6.04 Å². The Kier molecular flexibility index (Phi) is 4.57. The lowest BCUT2D eigenvalue weighted by Gasteiger charge is -2.35. The number of para-hydroxylation sites is 1. The average molecular weight is 310 g/mol. The molecule has 0 saturated carbocycles. The molecule has 1 aliphatic heterocycles. The number of ether oxygens (including phenoxy) is 1. The van der Waals surface area contributed by atoms with Crippen LogP contribution in [-0.4, -0.2) is 36.4 Å². The Morgan fingerprint density at radius 2 is 1.74 bits per heavy atom. The first-order valence-electron chi connectivity index (χ1n) is 7.55. The van der Waals surface area contributed by atoms with Gasteiger partial charge in [-0.15, -0.1) is 0 Å². The third-order valence-corrected chi connectivity index (χ3v) is 3.75. The normalized spacial score (nSPS) is 17.5. The number of amides is 2. The molecule has 2 aromatic rings. The van der Waals surface area contributed by atoms with Crippen LogP contribution < -0.4 is 10.1 Å². The van der Waals surface area contributed by atoms with Gasteiger partial charge < -0.3 is 15.0 Å². The minimum atomic E-state index is -0.600. The molecule has 0 spiro atoms. The largest absolute Gasteiger partial charge is 0.484 e. The lowest BCUT2D eigenvalue weighted by molar-refractivity contribution is -0.145. The average Bonchev–Trinajstić information content (AvgIpc) is 2.61. The van der Waals surface area contributed by atoms with E-state index >= 15 is 0 Å². The highest BCUT2D eigenvalue weighted by atomic mass is 16.5. The summed E-state index contributed by atoms with van der Waals surface area (Å²) < 4.78 is 5.52. The standard InChI is InChI=1S/C18H18N2O3/c21-16(13-23-15-9-5-2-6-10-15)20-12-11-19-18(22)17(20)14-7-3-1-4-8-14/h1-10,17H,11-13H2,(H,19,22). The molecular formula is C18H18N2O3. The Hall–Kier alpha value is -2.82. The summed E-state index contributed by atoms with van der Waals surface area (Å²) in [6.45, 7) is 0.849. The monoisotopic (exact) mass is 310 g/mol. The van der Waals surface area contributed by atoms with E-state index in [0.717, 1.165) is 5.56 Å². The first kappa shape index (κ1) is 15.1. The fourth-order valence-corrected chi connectivity index (χ4v) is 2.65. The Balaban J connectivity index is 1.73. The molecule has 118 valence electrons. The molecule has 1 N–H and O–H groups in total. The molecule has 1 atom stereocenters. The predicted molar refractivity (Wildman–Crippen MR) is 85.8 cm³/mol. The summed E-state index contributed by atoms with van der Waals surface area (Å²) in [6, 6.07) is 17.9. The number of piperazine rings is 1. The SMILES string of the molecule is O=C1NCCN(C(=O)COc2ccccc2)C1c1ccccc1. The quantitative estimate of drug-likeness (QED) is 0.936. The van der Waals surface area contributed by atoms with Crippen LogP contribution in [0.3, 0.4) is 0 Å². The Morgan fingerprint density at radius 3 is 2.43 bits per heavy atom. The molecule has 1 heterocycles. The number of carbonyl (C=O) groups is 2. The van der Waals surface area contributed by atoms with E-state index in [1.165, 1.54) is 0 Å². The van der Waals surface area contributed by atoms with Crippen LogP contribution in [0.1, 0.15) is 11.6 Å².